The molecular formula is C42H30N4O. The second-order valence-corrected chi connectivity index (χ2v) is 13.5. The zero-order chi connectivity index (χ0) is 31.4. The van der Waals surface area contributed by atoms with Crippen LogP contribution in [0.1, 0.15) is 26.3 Å². The van der Waals surface area contributed by atoms with Crippen LogP contribution in [0, 0.1) is 0 Å². The first-order valence-electron chi connectivity index (χ1n) is 16.1. The van der Waals surface area contributed by atoms with E-state index in [0.717, 1.165) is 55.9 Å². The molecule has 0 unspecified atom stereocenters. The molecule has 5 nitrogen and oxygen atoms in total. The summed E-state index contributed by atoms with van der Waals surface area (Å²) in [5, 5.41) is 8.28. The van der Waals surface area contributed by atoms with Crippen molar-refractivity contribution in [3.05, 3.63) is 133 Å². The first kappa shape index (κ1) is 26.3. The molecule has 0 saturated heterocycles. The second-order valence-electron chi connectivity index (χ2n) is 13.5. The minimum absolute atomic E-state index is 0.00711. The minimum Gasteiger partial charge on any atom is -0.457 e. The monoisotopic (exact) mass is 606 g/mol. The van der Waals surface area contributed by atoms with Gasteiger partial charge in [0, 0.05) is 56.3 Å². The Labute approximate surface area is 270 Å². The Bertz CT molecular complexity index is 2850. The van der Waals surface area contributed by atoms with E-state index in [0.29, 0.717) is 0 Å². The first-order chi connectivity index (χ1) is 22.9. The zero-order valence-corrected chi connectivity index (χ0v) is 26.3. The zero-order valence-electron chi connectivity index (χ0n) is 26.3. The van der Waals surface area contributed by atoms with Crippen LogP contribution in [0.3, 0.4) is 0 Å². The van der Waals surface area contributed by atoms with Gasteiger partial charge in [-0.3, -0.25) is 8.80 Å². The van der Waals surface area contributed by atoms with Crippen LogP contribution in [0.4, 0.5) is 0 Å². The SMILES string of the molecule is CC(C)(C)c1ccnc2c1c1cccc3c4ccc(Oc5ccc6c7ccccc7n7cc(-c8ccccc8)nc7c6c5)cc4n2c31. The summed E-state index contributed by atoms with van der Waals surface area (Å²) in [5.41, 5.74) is 8.68. The number of aromatic nitrogens is 4. The first-order valence-corrected chi connectivity index (χ1v) is 16.1. The molecule has 0 aliphatic rings. The van der Waals surface area contributed by atoms with Gasteiger partial charge in [-0.25, -0.2) is 9.97 Å². The number of rotatable bonds is 3. The average molecular weight is 607 g/mol. The number of hydrogen-bond donors (Lipinski definition) is 0. The Morgan fingerprint density at radius 3 is 2.17 bits per heavy atom. The molecule has 0 saturated carbocycles. The third-order valence-corrected chi connectivity index (χ3v) is 9.68. The van der Waals surface area contributed by atoms with Gasteiger partial charge in [0.15, 0.2) is 0 Å². The highest BCUT2D eigenvalue weighted by molar-refractivity contribution is 6.23. The predicted molar refractivity (Wildman–Crippen MR) is 193 cm³/mol. The van der Waals surface area contributed by atoms with Crippen molar-refractivity contribution in [1.82, 2.24) is 18.8 Å². The van der Waals surface area contributed by atoms with E-state index >= 15 is 0 Å². The van der Waals surface area contributed by atoms with Crippen molar-refractivity contribution in [2.24, 2.45) is 0 Å². The smallest absolute Gasteiger partial charge is 0.146 e. The largest absolute Gasteiger partial charge is 0.457 e. The second kappa shape index (κ2) is 9.30. The predicted octanol–water partition coefficient (Wildman–Crippen LogP) is 10.9. The van der Waals surface area contributed by atoms with E-state index in [4.69, 9.17) is 14.7 Å². The van der Waals surface area contributed by atoms with Gasteiger partial charge in [-0.05, 0) is 58.8 Å². The number of para-hydroxylation sites is 2. The standard InChI is InChI=1S/C42H30N4O/c1-42(2,3)34-20-21-43-41-38(34)32-14-9-13-31-30-19-17-27(23-37(30)46(41)39(31)32)47-26-16-18-28-29-12-7-8-15-36(29)45-24-35(25-10-5-4-6-11-25)44-40(45)33(28)22-26/h4-24H,1-3H3. The van der Waals surface area contributed by atoms with Crippen molar-refractivity contribution < 1.29 is 4.74 Å². The van der Waals surface area contributed by atoms with Gasteiger partial charge in [0.2, 0.25) is 0 Å². The molecule has 0 spiro atoms. The lowest BCUT2D eigenvalue weighted by Gasteiger charge is -2.20. The molecule has 0 radical (unpaired) electrons. The van der Waals surface area contributed by atoms with Crippen LogP contribution >= 0.6 is 0 Å². The Balaban J connectivity index is 1.16. The number of fused-ring (bicyclic) bond motifs is 12. The molecule has 5 aromatic heterocycles. The summed E-state index contributed by atoms with van der Waals surface area (Å²) in [7, 11) is 0. The minimum atomic E-state index is -0.00711. The van der Waals surface area contributed by atoms with Crippen LogP contribution in [-0.4, -0.2) is 18.8 Å². The summed E-state index contributed by atoms with van der Waals surface area (Å²) in [5.74, 6) is 1.55. The number of nitrogens with zero attached hydrogens (tertiary/aromatic N) is 4. The summed E-state index contributed by atoms with van der Waals surface area (Å²) in [6, 6.07) is 40.4. The summed E-state index contributed by atoms with van der Waals surface area (Å²) in [6.45, 7) is 6.81. The third-order valence-electron chi connectivity index (χ3n) is 9.68. The van der Waals surface area contributed by atoms with Crippen LogP contribution < -0.4 is 4.74 Å². The van der Waals surface area contributed by atoms with Crippen molar-refractivity contribution >= 4 is 65.5 Å². The fourth-order valence-corrected chi connectivity index (χ4v) is 7.60. The molecule has 10 aromatic rings. The van der Waals surface area contributed by atoms with Crippen molar-refractivity contribution in [3.63, 3.8) is 0 Å². The number of benzene rings is 5. The van der Waals surface area contributed by atoms with Crippen LogP contribution in [-0.2, 0) is 5.41 Å². The summed E-state index contributed by atoms with van der Waals surface area (Å²) >= 11 is 0. The van der Waals surface area contributed by atoms with Gasteiger partial charge in [-0.1, -0.05) is 87.5 Å². The Hall–Kier alpha value is -5.94. The molecule has 0 bridgehead atoms. The Morgan fingerprint density at radius 1 is 0.596 bits per heavy atom. The normalized spacial score (nSPS) is 12.6. The molecule has 47 heavy (non-hydrogen) atoms. The highest BCUT2D eigenvalue weighted by atomic mass is 16.5. The molecule has 0 N–H and O–H groups in total. The molecule has 5 aromatic carbocycles. The molecular weight excluding hydrogens is 576 g/mol. The van der Waals surface area contributed by atoms with Crippen LogP contribution in [0.25, 0.3) is 76.8 Å². The number of pyridine rings is 2. The van der Waals surface area contributed by atoms with E-state index in [9.17, 15) is 0 Å². The maximum absolute atomic E-state index is 6.65. The topological polar surface area (TPSA) is 43.8 Å². The van der Waals surface area contributed by atoms with Gasteiger partial charge in [0.25, 0.3) is 0 Å². The fraction of sp³-hybridized carbons (Fsp3) is 0.0952. The van der Waals surface area contributed by atoms with Gasteiger partial charge in [0.05, 0.1) is 22.2 Å². The molecule has 0 aliphatic carbocycles. The van der Waals surface area contributed by atoms with Gasteiger partial charge in [-0.2, -0.15) is 0 Å². The van der Waals surface area contributed by atoms with Crippen molar-refractivity contribution in [1.29, 1.82) is 0 Å². The lowest BCUT2D eigenvalue weighted by molar-refractivity contribution is 0.484. The summed E-state index contributed by atoms with van der Waals surface area (Å²) < 4.78 is 11.2. The Morgan fingerprint density at radius 2 is 1.32 bits per heavy atom. The van der Waals surface area contributed by atoms with E-state index in [-0.39, 0.29) is 5.41 Å². The average Bonchev–Trinajstić information content (AvgIpc) is 3.78. The summed E-state index contributed by atoms with van der Waals surface area (Å²) in [4.78, 5) is 10.1. The van der Waals surface area contributed by atoms with E-state index in [1.165, 1.54) is 38.0 Å². The van der Waals surface area contributed by atoms with Gasteiger partial charge < -0.3 is 4.74 Å². The van der Waals surface area contributed by atoms with Gasteiger partial charge >= 0.3 is 0 Å². The molecule has 0 amide bonds. The van der Waals surface area contributed by atoms with E-state index in [1.807, 2.05) is 12.3 Å². The number of hydrogen-bond acceptors (Lipinski definition) is 3. The molecule has 0 fully saturated rings. The molecule has 5 heteroatoms. The molecule has 224 valence electrons. The number of ether oxygens (including phenoxy) is 1. The van der Waals surface area contributed by atoms with E-state index in [1.54, 1.807) is 0 Å². The maximum Gasteiger partial charge on any atom is 0.146 e. The molecule has 0 aliphatic heterocycles. The van der Waals surface area contributed by atoms with Crippen molar-refractivity contribution in [3.8, 4) is 22.8 Å². The van der Waals surface area contributed by atoms with Crippen LogP contribution in [0.2, 0.25) is 0 Å². The Kier molecular flexibility index (Phi) is 5.20. The van der Waals surface area contributed by atoms with Gasteiger partial charge in [-0.15, -0.1) is 0 Å². The molecule has 5 heterocycles. The fourth-order valence-electron chi connectivity index (χ4n) is 7.60. The van der Waals surface area contributed by atoms with Crippen LogP contribution in [0.5, 0.6) is 11.5 Å². The van der Waals surface area contributed by atoms with E-state index in [2.05, 4.69) is 145 Å². The number of imidazole rings is 1. The quantitative estimate of drug-likeness (QED) is 0.188. The maximum atomic E-state index is 6.65. The van der Waals surface area contributed by atoms with E-state index < -0.39 is 0 Å². The third kappa shape index (κ3) is 3.71. The lowest BCUT2D eigenvalue weighted by Crippen LogP contribution is -2.11. The molecule has 0 atom stereocenters. The van der Waals surface area contributed by atoms with Crippen molar-refractivity contribution in [2.45, 2.75) is 26.2 Å². The highest BCUT2D eigenvalue weighted by Gasteiger charge is 2.24. The van der Waals surface area contributed by atoms with Crippen LogP contribution in [0.15, 0.2) is 128 Å². The van der Waals surface area contributed by atoms with Gasteiger partial charge in [0.1, 0.15) is 22.8 Å². The summed E-state index contributed by atoms with van der Waals surface area (Å²) in [6.07, 6.45) is 4.08. The van der Waals surface area contributed by atoms with Crippen molar-refractivity contribution in [2.75, 3.05) is 0 Å². The highest BCUT2D eigenvalue weighted by Crippen LogP contribution is 2.43. The lowest BCUT2D eigenvalue weighted by atomic mass is 9.85. The molecule has 10 rings (SSSR count).